The van der Waals surface area contributed by atoms with Gasteiger partial charge < -0.3 is 19.6 Å². The molecule has 9 heterocycles. The van der Waals surface area contributed by atoms with Crippen LogP contribution in [0.15, 0.2) is 30.2 Å². The summed E-state index contributed by atoms with van der Waals surface area (Å²) in [7, 11) is 0. The molecule has 2 N–H and O–H groups in total. The topological polar surface area (TPSA) is 225 Å². The normalized spacial score (nSPS) is 13.4. The number of thioether (sulfide) groups is 6. The minimum Gasteiger partial charge on any atom is -0.475 e. The van der Waals surface area contributed by atoms with Gasteiger partial charge in [0.2, 0.25) is 0 Å². The number of hydrogen-bond acceptors (Lipinski definition) is 22. The molecule has 0 radical (unpaired) electrons. The Labute approximate surface area is 495 Å². The summed E-state index contributed by atoms with van der Waals surface area (Å²) in [6.07, 6.45) is 1.79. The lowest BCUT2D eigenvalue weighted by atomic mass is 10.3. The maximum absolute atomic E-state index is 6.50. The second-order valence-corrected chi connectivity index (χ2v) is 36.3. The van der Waals surface area contributed by atoms with Crippen molar-refractivity contribution < 1.29 is 4.74 Å². The van der Waals surface area contributed by atoms with Crippen molar-refractivity contribution in [1.82, 2.24) is 79.7 Å². The highest BCUT2D eigenvalue weighted by Gasteiger charge is 2.34. The Hall–Kier alpha value is -4.62. The van der Waals surface area contributed by atoms with Crippen LogP contribution in [-0.4, -0.2) is 128 Å². The van der Waals surface area contributed by atoms with E-state index in [0.717, 1.165) is 43.0 Å². The van der Waals surface area contributed by atoms with Gasteiger partial charge in [0, 0.05) is 41.6 Å². The van der Waals surface area contributed by atoms with Gasteiger partial charge in [0.05, 0.1) is 6.61 Å². The fourth-order valence-corrected chi connectivity index (χ4v) is 14.0. The molecule has 0 fully saturated rings. The molecule has 80 heavy (non-hydrogen) atoms. The molecule has 18 nitrogen and oxygen atoms in total. The van der Waals surface area contributed by atoms with E-state index in [-0.39, 0.29) is 51.8 Å². The monoisotopic (exact) mass is 1190 g/mol. The summed E-state index contributed by atoms with van der Waals surface area (Å²) in [4.78, 5) is 84.4. The quantitative estimate of drug-likeness (QED) is 0.0808. The van der Waals surface area contributed by atoms with E-state index in [4.69, 9.17) is 74.5 Å². The Morgan fingerprint density at radius 1 is 0.350 bits per heavy atom. The van der Waals surface area contributed by atoms with Gasteiger partial charge in [0.15, 0.2) is 51.7 Å². The second kappa shape index (κ2) is 22.2. The average molecular weight is 1190 g/mol. The van der Waals surface area contributed by atoms with Crippen molar-refractivity contribution in [3.8, 4) is 52.0 Å². The van der Waals surface area contributed by atoms with E-state index in [0.29, 0.717) is 98.8 Å². The molecule has 8 bridgehead atoms. The first-order valence-corrected chi connectivity index (χ1v) is 32.1. The zero-order chi connectivity index (χ0) is 58.2. The molecule has 2 aliphatic rings. The predicted molar refractivity (Wildman–Crippen MR) is 336 cm³/mol. The number of H-pyrrole nitrogens is 2. The van der Waals surface area contributed by atoms with E-state index in [2.05, 4.69) is 160 Å². The van der Waals surface area contributed by atoms with E-state index in [1.54, 1.807) is 70.6 Å². The minimum atomic E-state index is -0.207. The summed E-state index contributed by atoms with van der Waals surface area (Å²) in [6.45, 7) is 47.2. The molecule has 7 aromatic heterocycles. The molecule has 24 heteroatoms. The Morgan fingerprint density at radius 2 is 0.625 bits per heavy atom. The molecule has 2 aliphatic heterocycles. The Balaban J connectivity index is 1.50. The Kier molecular flexibility index (Phi) is 16.6. The molecule has 7 aromatic rings. The number of unbranched alkanes of at least 4 members (excludes halogenated alkanes) is 1. The van der Waals surface area contributed by atoms with E-state index in [1.807, 2.05) is 0 Å². The smallest absolute Gasteiger partial charge is 0.258 e. The fraction of sp³-hybridized carbons (Fsp3) is 0.571. The molecular formula is C56H75N17OS6. The molecule has 0 amide bonds. The highest BCUT2D eigenvalue weighted by molar-refractivity contribution is 8.04. The van der Waals surface area contributed by atoms with Crippen LogP contribution in [0, 0.1) is 0 Å². The number of nitrogens with one attached hydrogen (secondary N) is 2. The number of aromatic nitrogens is 16. The predicted octanol–water partition coefficient (Wildman–Crippen LogP) is 15.4. The zero-order valence-corrected chi connectivity index (χ0v) is 55.0. The van der Waals surface area contributed by atoms with Crippen LogP contribution < -0.4 is 9.64 Å². The molecule has 0 aromatic carbocycles. The molecule has 0 saturated carbocycles. The van der Waals surface area contributed by atoms with Gasteiger partial charge in [-0.3, -0.25) is 0 Å². The highest BCUT2D eigenvalue weighted by Crippen LogP contribution is 2.47. The molecule has 0 unspecified atom stereocenters. The SMILES string of the molecule is CCCCOc1nc2c3nc4nc(nc5[nH]c(nc6nc(nc([nH]3)c2nc1N(CC)CC)-c1nc(SC(C)(C)C)c(SC(C)(C)C)nc1-6)c1nc(SC(C)(C)C)c(SC(C)(C)C)nc51)-c1nc(SC(C)(C)C)c(SC(C)(C)C)nc1-4. The van der Waals surface area contributed by atoms with Gasteiger partial charge >= 0.3 is 0 Å². The van der Waals surface area contributed by atoms with Crippen molar-refractivity contribution in [1.29, 1.82) is 0 Å². The van der Waals surface area contributed by atoms with Gasteiger partial charge in [-0.1, -0.05) is 209 Å². The van der Waals surface area contributed by atoms with Crippen molar-refractivity contribution in [2.75, 3.05) is 24.6 Å². The van der Waals surface area contributed by atoms with Crippen molar-refractivity contribution in [2.24, 2.45) is 0 Å². The molecule has 9 rings (SSSR count). The van der Waals surface area contributed by atoms with E-state index < -0.39 is 0 Å². The van der Waals surface area contributed by atoms with E-state index in [1.165, 1.54) is 0 Å². The molecule has 0 saturated heterocycles. The zero-order valence-electron chi connectivity index (χ0n) is 50.1. The summed E-state index contributed by atoms with van der Waals surface area (Å²) in [5, 5.41) is 4.60. The van der Waals surface area contributed by atoms with Gasteiger partial charge in [0.1, 0.15) is 75.0 Å². The lowest BCUT2D eigenvalue weighted by Crippen LogP contribution is -2.24. The third-order valence-electron chi connectivity index (χ3n) is 11.1. The van der Waals surface area contributed by atoms with Crippen molar-refractivity contribution in [3.63, 3.8) is 0 Å². The van der Waals surface area contributed by atoms with Gasteiger partial charge in [-0.2, -0.15) is 0 Å². The van der Waals surface area contributed by atoms with Crippen LogP contribution in [0.1, 0.15) is 158 Å². The summed E-state index contributed by atoms with van der Waals surface area (Å²) < 4.78 is 5.27. The minimum absolute atomic E-state index is 0.201. The summed E-state index contributed by atoms with van der Waals surface area (Å²) in [5.41, 5.74) is 5.17. The third-order valence-corrected chi connectivity index (χ3v) is 18.0. The molecule has 0 atom stereocenters. The van der Waals surface area contributed by atoms with Gasteiger partial charge in [-0.15, -0.1) is 0 Å². The van der Waals surface area contributed by atoms with Gasteiger partial charge in [-0.25, -0.2) is 69.8 Å². The van der Waals surface area contributed by atoms with Crippen LogP contribution in [0.25, 0.3) is 90.7 Å². The fourth-order valence-electron chi connectivity index (χ4n) is 8.12. The van der Waals surface area contributed by atoms with Crippen LogP contribution >= 0.6 is 70.6 Å². The number of nitrogens with zero attached hydrogens (tertiary/aromatic N) is 15. The average Bonchev–Trinajstić information content (AvgIpc) is 4.25. The number of hydrogen-bond donors (Lipinski definition) is 2. The largest absolute Gasteiger partial charge is 0.475 e. The first kappa shape index (κ1) is 60.0. The summed E-state index contributed by atoms with van der Waals surface area (Å²) in [5.74, 6) is 2.12. The molecule has 0 aliphatic carbocycles. The first-order valence-electron chi connectivity index (χ1n) is 27.2. The summed E-state index contributed by atoms with van der Waals surface area (Å²) >= 11 is 9.91. The maximum Gasteiger partial charge on any atom is 0.258 e. The van der Waals surface area contributed by atoms with Crippen LogP contribution in [0.5, 0.6) is 5.88 Å². The van der Waals surface area contributed by atoms with Crippen molar-refractivity contribution >= 4 is 121 Å². The molecule has 0 spiro atoms. The van der Waals surface area contributed by atoms with Crippen LogP contribution in [-0.2, 0) is 0 Å². The first-order chi connectivity index (χ1) is 37.1. The van der Waals surface area contributed by atoms with E-state index in [9.17, 15) is 0 Å². The van der Waals surface area contributed by atoms with Gasteiger partial charge in [0.25, 0.3) is 5.88 Å². The number of rotatable bonds is 13. The van der Waals surface area contributed by atoms with Crippen LogP contribution in [0.4, 0.5) is 5.82 Å². The molecular weight excluding hydrogens is 1120 g/mol. The number of aromatic amines is 2. The Morgan fingerprint density at radius 3 is 0.900 bits per heavy atom. The lowest BCUT2D eigenvalue weighted by Gasteiger charge is -2.22. The number of anilines is 1. The molecule has 426 valence electrons. The van der Waals surface area contributed by atoms with Gasteiger partial charge in [-0.05, 0) is 20.3 Å². The number of ether oxygens (including phenoxy) is 1. The lowest BCUT2D eigenvalue weighted by molar-refractivity contribution is 0.298. The van der Waals surface area contributed by atoms with E-state index >= 15 is 0 Å². The maximum atomic E-state index is 6.50. The Bertz CT molecular complexity index is 3710. The van der Waals surface area contributed by atoms with Crippen molar-refractivity contribution in [3.05, 3.63) is 0 Å². The summed E-state index contributed by atoms with van der Waals surface area (Å²) in [6, 6.07) is 0. The standard InChI is InChI=1S/C56H75N17OS6/c1-22-25-26-74-44-43(73(23-2)24-3)57-27-28(58-44)36-65-35(27)66-37-29-31(61-47(77-53(10,11)12)45(59-29)75-51(4,5)6)39(68-37)70-41-33-34(64-50(80-56(19,20)21)49(63-33)79-55(16,17)18)42(72-41)71-40-32-30(38(67-36)69-40)60-46(76-52(7,8)9)48(62-32)78-54(13,14)15/h22-26H2,1-21H3,(H2,65,66,67,68,69,70,71,72). The third kappa shape index (κ3) is 13.9. The highest BCUT2D eigenvalue weighted by atomic mass is 32.2. The number of fused-ring (bicyclic) bond motifs is 20. The second-order valence-electron chi connectivity index (χ2n) is 25.4. The van der Waals surface area contributed by atoms with Crippen LogP contribution in [0.3, 0.4) is 0 Å². The van der Waals surface area contributed by atoms with Crippen LogP contribution in [0.2, 0.25) is 0 Å². The van der Waals surface area contributed by atoms with Crippen molar-refractivity contribution in [2.45, 2.75) is 217 Å².